The summed E-state index contributed by atoms with van der Waals surface area (Å²) in [7, 11) is 0. The number of rotatable bonds is 3. The Labute approximate surface area is 89.8 Å². The molecule has 0 unspecified atom stereocenters. The van der Waals surface area contributed by atoms with E-state index in [2.05, 4.69) is 0 Å². The Morgan fingerprint density at radius 1 is 1.47 bits per heavy atom. The van der Waals surface area contributed by atoms with E-state index in [9.17, 15) is 4.39 Å². The second-order valence-corrected chi connectivity index (χ2v) is 4.19. The number of nitrogens with two attached hydrogens (primary N) is 1. The standard InChI is InChI=1S/C13H16FN/c1-9(15)12-5-3-2-4-10(12)6-7-11-8-13(11)14/h2-7,9,11,13H,8,15H2,1H3/b7-6+/t9-,11+,13+/m0/s1. The Morgan fingerprint density at radius 3 is 2.73 bits per heavy atom. The number of allylic oxidation sites excluding steroid dienone is 1. The van der Waals surface area contributed by atoms with Crippen molar-refractivity contribution in [1.29, 1.82) is 0 Å². The third kappa shape index (κ3) is 2.45. The molecule has 0 aliphatic heterocycles. The number of hydrogen-bond donors (Lipinski definition) is 1. The van der Waals surface area contributed by atoms with Crippen molar-refractivity contribution in [2.45, 2.75) is 25.6 Å². The Balaban J connectivity index is 2.16. The summed E-state index contributed by atoms with van der Waals surface area (Å²) in [6.45, 7) is 1.96. The van der Waals surface area contributed by atoms with Crippen LogP contribution in [0.5, 0.6) is 0 Å². The summed E-state index contributed by atoms with van der Waals surface area (Å²) >= 11 is 0. The average molecular weight is 205 g/mol. The molecule has 0 bridgehead atoms. The van der Waals surface area contributed by atoms with Crippen LogP contribution in [0.3, 0.4) is 0 Å². The number of halogens is 1. The molecule has 0 saturated heterocycles. The molecule has 1 nitrogen and oxygen atoms in total. The van der Waals surface area contributed by atoms with Crippen LogP contribution in [0, 0.1) is 5.92 Å². The largest absolute Gasteiger partial charge is 0.324 e. The van der Waals surface area contributed by atoms with Crippen molar-refractivity contribution in [2.24, 2.45) is 11.7 Å². The van der Waals surface area contributed by atoms with E-state index in [1.165, 1.54) is 0 Å². The maximum atomic E-state index is 12.7. The highest BCUT2D eigenvalue weighted by atomic mass is 19.1. The van der Waals surface area contributed by atoms with E-state index < -0.39 is 6.17 Å². The maximum Gasteiger partial charge on any atom is 0.107 e. The first-order chi connectivity index (χ1) is 7.18. The Morgan fingerprint density at radius 2 is 2.13 bits per heavy atom. The highest BCUT2D eigenvalue weighted by Crippen LogP contribution is 2.35. The lowest BCUT2D eigenvalue weighted by Gasteiger charge is -2.08. The molecule has 1 fully saturated rings. The summed E-state index contributed by atoms with van der Waals surface area (Å²) in [5.41, 5.74) is 8.07. The fourth-order valence-corrected chi connectivity index (χ4v) is 1.69. The van der Waals surface area contributed by atoms with Gasteiger partial charge in [-0.25, -0.2) is 4.39 Å². The SMILES string of the molecule is C[C@H](N)c1ccccc1/C=C/[C@@H]1C[C@H]1F. The van der Waals surface area contributed by atoms with Crippen molar-refractivity contribution in [1.82, 2.24) is 0 Å². The van der Waals surface area contributed by atoms with E-state index in [1.54, 1.807) is 0 Å². The second-order valence-electron chi connectivity index (χ2n) is 4.19. The molecule has 0 heterocycles. The highest BCUT2D eigenvalue weighted by Gasteiger charge is 2.34. The van der Waals surface area contributed by atoms with Gasteiger partial charge in [-0.15, -0.1) is 0 Å². The van der Waals surface area contributed by atoms with Gasteiger partial charge in [0.2, 0.25) is 0 Å². The van der Waals surface area contributed by atoms with Crippen LogP contribution in [0.4, 0.5) is 4.39 Å². The predicted molar refractivity (Wildman–Crippen MR) is 61.1 cm³/mol. The average Bonchev–Trinajstić information content (AvgIpc) is 2.92. The summed E-state index contributed by atoms with van der Waals surface area (Å²) < 4.78 is 12.7. The van der Waals surface area contributed by atoms with Crippen LogP contribution in [-0.4, -0.2) is 6.17 Å². The van der Waals surface area contributed by atoms with Crippen LogP contribution in [0.15, 0.2) is 30.3 Å². The summed E-state index contributed by atoms with van der Waals surface area (Å²) in [5.74, 6) is 0.131. The number of hydrogen-bond acceptors (Lipinski definition) is 1. The van der Waals surface area contributed by atoms with E-state index in [-0.39, 0.29) is 12.0 Å². The van der Waals surface area contributed by atoms with Crippen LogP contribution >= 0.6 is 0 Å². The van der Waals surface area contributed by atoms with Gasteiger partial charge in [0.25, 0.3) is 0 Å². The second kappa shape index (κ2) is 4.15. The fourth-order valence-electron chi connectivity index (χ4n) is 1.69. The Bertz CT molecular complexity index is 371. The van der Waals surface area contributed by atoms with Crippen molar-refractivity contribution in [3.05, 3.63) is 41.5 Å². The zero-order chi connectivity index (χ0) is 10.8. The van der Waals surface area contributed by atoms with Gasteiger partial charge in [-0.3, -0.25) is 0 Å². The first-order valence-electron chi connectivity index (χ1n) is 5.35. The molecule has 3 atom stereocenters. The van der Waals surface area contributed by atoms with Crippen molar-refractivity contribution < 1.29 is 4.39 Å². The molecule has 80 valence electrons. The minimum absolute atomic E-state index is 0.0197. The quantitative estimate of drug-likeness (QED) is 0.806. The first kappa shape index (κ1) is 10.4. The Kier molecular flexibility index (Phi) is 2.87. The van der Waals surface area contributed by atoms with Crippen molar-refractivity contribution in [2.75, 3.05) is 0 Å². The van der Waals surface area contributed by atoms with Crippen molar-refractivity contribution in [3.8, 4) is 0 Å². The van der Waals surface area contributed by atoms with Gasteiger partial charge in [-0.1, -0.05) is 36.4 Å². The van der Waals surface area contributed by atoms with E-state index in [0.29, 0.717) is 6.42 Å². The van der Waals surface area contributed by atoms with Gasteiger partial charge in [0.1, 0.15) is 6.17 Å². The molecule has 2 heteroatoms. The molecule has 1 saturated carbocycles. The normalized spacial score (nSPS) is 26.9. The lowest BCUT2D eigenvalue weighted by atomic mass is 10.0. The monoisotopic (exact) mass is 205 g/mol. The van der Waals surface area contributed by atoms with Crippen LogP contribution < -0.4 is 5.73 Å². The van der Waals surface area contributed by atoms with E-state index in [0.717, 1.165) is 11.1 Å². The lowest BCUT2D eigenvalue weighted by molar-refractivity contribution is 0.463. The van der Waals surface area contributed by atoms with Gasteiger partial charge >= 0.3 is 0 Å². The third-order valence-electron chi connectivity index (χ3n) is 2.77. The minimum atomic E-state index is -0.622. The molecular formula is C13H16FN. The molecule has 0 spiro atoms. The third-order valence-corrected chi connectivity index (χ3v) is 2.77. The minimum Gasteiger partial charge on any atom is -0.324 e. The molecule has 1 aliphatic carbocycles. The Hall–Kier alpha value is -1.15. The van der Waals surface area contributed by atoms with Crippen LogP contribution in [0.1, 0.15) is 30.5 Å². The highest BCUT2D eigenvalue weighted by molar-refractivity contribution is 5.55. The molecule has 1 aliphatic rings. The molecule has 2 rings (SSSR count). The molecule has 0 amide bonds. The zero-order valence-corrected chi connectivity index (χ0v) is 8.86. The fraction of sp³-hybridized carbons (Fsp3) is 0.385. The molecule has 0 radical (unpaired) electrons. The predicted octanol–water partition coefficient (Wildman–Crippen LogP) is 3.08. The van der Waals surface area contributed by atoms with Crippen LogP contribution in [-0.2, 0) is 0 Å². The molecule has 1 aromatic rings. The molecule has 2 N–H and O–H groups in total. The maximum absolute atomic E-state index is 12.7. The van der Waals surface area contributed by atoms with E-state index >= 15 is 0 Å². The van der Waals surface area contributed by atoms with Gasteiger partial charge in [-0.2, -0.15) is 0 Å². The van der Waals surface area contributed by atoms with Crippen LogP contribution in [0.2, 0.25) is 0 Å². The first-order valence-corrected chi connectivity index (χ1v) is 5.35. The summed E-state index contributed by atoms with van der Waals surface area (Å²) in [4.78, 5) is 0. The van der Waals surface area contributed by atoms with Crippen LogP contribution in [0.25, 0.3) is 6.08 Å². The van der Waals surface area contributed by atoms with Gasteiger partial charge in [0.15, 0.2) is 0 Å². The summed E-state index contributed by atoms with van der Waals surface area (Å²) in [5, 5.41) is 0. The lowest BCUT2D eigenvalue weighted by Crippen LogP contribution is -2.06. The topological polar surface area (TPSA) is 26.0 Å². The van der Waals surface area contributed by atoms with E-state index in [1.807, 2.05) is 43.3 Å². The van der Waals surface area contributed by atoms with Crippen molar-refractivity contribution in [3.63, 3.8) is 0 Å². The molecule has 0 aromatic heterocycles. The van der Waals surface area contributed by atoms with Gasteiger partial charge in [0.05, 0.1) is 0 Å². The van der Waals surface area contributed by atoms with E-state index in [4.69, 9.17) is 5.73 Å². The summed E-state index contributed by atoms with van der Waals surface area (Å²) in [6.07, 6.45) is 4.00. The smallest absolute Gasteiger partial charge is 0.107 e. The molecule has 1 aromatic carbocycles. The molecule has 15 heavy (non-hydrogen) atoms. The van der Waals surface area contributed by atoms with Crippen molar-refractivity contribution >= 4 is 6.08 Å². The van der Waals surface area contributed by atoms with Gasteiger partial charge in [-0.05, 0) is 24.5 Å². The molecular weight excluding hydrogens is 189 g/mol. The number of benzene rings is 1. The van der Waals surface area contributed by atoms with Gasteiger partial charge in [0, 0.05) is 12.0 Å². The zero-order valence-electron chi connectivity index (χ0n) is 8.86. The van der Waals surface area contributed by atoms with Gasteiger partial charge < -0.3 is 5.73 Å². The summed E-state index contributed by atoms with van der Waals surface area (Å²) in [6, 6.07) is 8.01. The number of alkyl halides is 1.